The lowest BCUT2D eigenvalue weighted by molar-refractivity contribution is -0.144. The molecular weight excluding hydrogens is 194 g/mol. The van der Waals surface area contributed by atoms with E-state index in [4.69, 9.17) is 5.11 Å². The third kappa shape index (κ3) is 2.94. The van der Waals surface area contributed by atoms with Crippen LogP contribution in [-0.4, -0.2) is 23.0 Å². The molecule has 0 spiro atoms. The van der Waals surface area contributed by atoms with E-state index in [1.807, 2.05) is 13.8 Å². The number of carboxylic acid groups (broad SMARTS) is 1. The Balaban J connectivity index is 2.49. The molecule has 1 aliphatic carbocycles. The van der Waals surface area contributed by atoms with Gasteiger partial charge in [-0.25, -0.2) is 4.79 Å². The van der Waals surface area contributed by atoms with Gasteiger partial charge in [-0.15, -0.1) is 0 Å². The summed E-state index contributed by atoms with van der Waals surface area (Å²) in [6, 6.07) is -0.733. The number of nitrogens with one attached hydrogen (secondary N) is 1. The lowest BCUT2D eigenvalue weighted by Gasteiger charge is -2.27. The molecule has 1 fully saturated rings. The summed E-state index contributed by atoms with van der Waals surface area (Å²) in [5, 5.41) is 11.6. The van der Waals surface area contributed by atoms with Crippen LogP contribution in [-0.2, 0) is 9.59 Å². The average Bonchev–Trinajstić information content (AvgIpc) is 2.09. The van der Waals surface area contributed by atoms with Crippen LogP contribution >= 0.6 is 0 Å². The zero-order chi connectivity index (χ0) is 11.4. The van der Waals surface area contributed by atoms with E-state index in [2.05, 4.69) is 5.32 Å². The monoisotopic (exact) mass is 213 g/mol. The fourth-order valence-corrected chi connectivity index (χ4v) is 1.62. The van der Waals surface area contributed by atoms with Gasteiger partial charge in [0.25, 0.3) is 0 Å². The van der Waals surface area contributed by atoms with Crippen LogP contribution in [0, 0.1) is 11.8 Å². The summed E-state index contributed by atoms with van der Waals surface area (Å²) in [6.07, 6.45) is 3.64. The molecule has 2 N–H and O–H groups in total. The SMILES string of the molecule is CC[C@H](C)[C@H](NC(=O)C1CCC1)C(=O)O. The van der Waals surface area contributed by atoms with Crippen molar-refractivity contribution >= 4 is 11.9 Å². The van der Waals surface area contributed by atoms with Crippen molar-refractivity contribution in [2.24, 2.45) is 11.8 Å². The van der Waals surface area contributed by atoms with Crippen LogP contribution < -0.4 is 5.32 Å². The molecule has 1 aliphatic rings. The molecule has 0 aromatic carbocycles. The van der Waals surface area contributed by atoms with Crippen molar-refractivity contribution in [2.75, 3.05) is 0 Å². The molecule has 0 aliphatic heterocycles. The zero-order valence-electron chi connectivity index (χ0n) is 9.32. The van der Waals surface area contributed by atoms with Gasteiger partial charge in [0, 0.05) is 5.92 Å². The van der Waals surface area contributed by atoms with Crippen molar-refractivity contribution in [3.63, 3.8) is 0 Å². The van der Waals surface area contributed by atoms with E-state index in [9.17, 15) is 9.59 Å². The molecule has 0 heterocycles. The van der Waals surface area contributed by atoms with E-state index in [1.165, 1.54) is 0 Å². The molecule has 0 bridgehead atoms. The molecule has 4 heteroatoms. The highest BCUT2D eigenvalue weighted by molar-refractivity contribution is 5.85. The second kappa shape index (κ2) is 5.14. The van der Waals surface area contributed by atoms with Crippen molar-refractivity contribution in [1.29, 1.82) is 0 Å². The minimum absolute atomic E-state index is 0.0217. The highest BCUT2D eigenvalue weighted by Crippen LogP contribution is 2.26. The molecular formula is C11H19NO3. The van der Waals surface area contributed by atoms with Crippen LogP contribution in [0.5, 0.6) is 0 Å². The smallest absolute Gasteiger partial charge is 0.326 e. The summed E-state index contributed by atoms with van der Waals surface area (Å²) in [4.78, 5) is 22.5. The van der Waals surface area contributed by atoms with Gasteiger partial charge in [0.1, 0.15) is 6.04 Å². The molecule has 15 heavy (non-hydrogen) atoms. The van der Waals surface area contributed by atoms with Crippen LogP contribution in [0.3, 0.4) is 0 Å². The maximum Gasteiger partial charge on any atom is 0.326 e. The number of aliphatic carboxylic acids is 1. The molecule has 4 nitrogen and oxygen atoms in total. The molecule has 1 amide bonds. The van der Waals surface area contributed by atoms with Crippen molar-refractivity contribution in [2.45, 2.75) is 45.6 Å². The molecule has 1 saturated carbocycles. The first-order valence-electron chi connectivity index (χ1n) is 5.59. The van der Waals surface area contributed by atoms with Gasteiger partial charge < -0.3 is 10.4 Å². The standard InChI is InChI=1S/C11H19NO3/c1-3-7(2)9(11(14)15)12-10(13)8-5-4-6-8/h7-9H,3-6H2,1-2H3,(H,12,13)(H,14,15)/t7-,9-/m0/s1. The van der Waals surface area contributed by atoms with Gasteiger partial charge in [-0.1, -0.05) is 26.7 Å². The summed E-state index contributed by atoms with van der Waals surface area (Å²) >= 11 is 0. The Bertz CT molecular complexity index is 248. The first kappa shape index (κ1) is 12.0. The number of carboxylic acids is 1. The fourth-order valence-electron chi connectivity index (χ4n) is 1.62. The third-order valence-electron chi connectivity index (χ3n) is 3.25. The maximum absolute atomic E-state index is 11.6. The van der Waals surface area contributed by atoms with Crippen molar-refractivity contribution in [1.82, 2.24) is 5.32 Å². The topological polar surface area (TPSA) is 66.4 Å². The number of carbonyl (C=O) groups excluding carboxylic acids is 1. The van der Waals surface area contributed by atoms with Crippen molar-refractivity contribution < 1.29 is 14.7 Å². The van der Waals surface area contributed by atoms with Gasteiger partial charge in [0.2, 0.25) is 5.91 Å². The number of hydrogen-bond donors (Lipinski definition) is 2. The Hall–Kier alpha value is -1.06. The molecule has 2 atom stereocenters. The van der Waals surface area contributed by atoms with E-state index in [-0.39, 0.29) is 17.7 Å². The van der Waals surface area contributed by atoms with Gasteiger partial charge in [0.15, 0.2) is 0 Å². The van der Waals surface area contributed by atoms with E-state index in [0.717, 1.165) is 25.7 Å². The molecule has 86 valence electrons. The highest BCUT2D eigenvalue weighted by Gasteiger charge is 2.31. The van der Waals surface area contributed by atoms with Crippen molar-refractivity contribution in [3.05, 3.63) is 0 Å². The molecule has 0 radical (unpaired) electrons. The highest BCUT2D eigenvalue weighted by atomic mass is 16.4. The summed E-state index contributed by atoms with van der Waals surface area (Å²) in [6.45, 7) is 3.77. The van der Waals surface area contributed by atoms with Crippen LogP contribution in [0.4, 0.5) is 0 Å². The molecule has 0 aromatic heterocycles. The Kier molecular flexibility index (Phi) is 4.12. The lowest BCUT2D eigenvalue weighted by Crippen LogP contribution is -2.48. The van der Waals surface area contributed by atoms with E-state index < -0.39 is 12.0 Å². The van der Waals surface area contributed by atoms with Gasteiger partial charge in [-0.05, 0) is 18.8 Å². The minimum atomic E-state index is -0.933. The van der Waals surface area contributed by atoms with E-state index in [0.29, 0.717) is 0 Å². The molecule has 0 unspecified atom stereocenters. The first-order chi connectivity index (χ1) is 7.06. The molecule has 1 rings (SSSR count). The normalized spacial score (nSPS) is 20.1. The second-order valence-corrected chi connectivity index (χ2v) is 4.34. The summed E-state index contributed by atoms with van der Waals surface area (Å²) in [7, 11) is 0. The Morgan fingerprint density at radius 1 is 1.47 bits per heavy atom. The maximum atomic E-state index is 11.6. The quantitative estimate of drug-likeness (QED) is 0.725. The summed E-state index contributed by atoms with van der Waals surface area (Å²) in [5.74, 6) is -0.992. The van der Waals surface area contributed by atoms with Gasteiger partial charge in [-0.2, -0.15) is 0 Å². The minimum Gasteiger partial charge on any atom is -0.480 e. The van der Waals surface area contributed by atoms with Gasteiger partial charge in [0.05, 0.1) is 0 Å². The van der Waals surface area contributed by atoms with E-state index >= 15 is 0 Å². The fraction of sp³-hybridized carbons (Fsp3) is 0.818. The molecule has 0 aromatic rings. The first-order valence-corrected chi connectivity index (χ1v) is 5.59. The Labute approximate surface area is 90.0 Å². The lowest BCUT2D eigenvalue weighted by atomic mass is 9.84. The zero-order valence-corrected chi connectivity index (χ0v) is 9.32. The van der Waals surface area contributed by atoms with Gasteiger partial charge in [-0.3, -0.25) is 4.79 Å². The summed E-state index contributed by atoms with van der Waals surface area (Å²) < 4.78 is 0. The Morgan fingerprint density at radius 3 is 2.40 bits per heavy atom. The van der Waals surface area contributed by atoms with Crippen molar-refractivity contribution in [3.8, 4) is 0 Å². The predicted molar refractivity (Wildman–Crippen MR) is 56.4 cm³/mol. The average molecular weight is 213 g/mol. The van der Waals surface area contributed by atoms with Crippen LogP contribution in [0.25, 0.3) is 0 Å². The summed E-state index contributed by atoms with van der Waals surface area (Å²) in [5.41, 5.74) is 0. The predicted octanol–water partition coefficient (Wildman–Crippen LogP) is 1.40. The number of rotatable bonds is 5. The number of amides is 1. The number of carbonyl (C=O) groups is 2. The van der Waals surface area contributed by atoms with Gasteiger partial charge >= 0.3 is 5.97 Å². The van der Waals surface area contributed by atoms with Crippen LogP contribution in [0.1, 0.15) is 39.5 Å². The number of hydrogen-bond acceptors (Lipinski definition) is 2. The van der Waals surface area contributed by atoms with Crippen LogP contribution in [0.2, 0.25) is 0 Å². The largest absolute Gasteiger partial charge is 0.480 e. The Morgan fingerprint density at radius 2 is 2.07 bits per heavy atom. The van der Waals surface area contributed by atoms with E-state index in [1.54, 1.807) is 0 Å². The van der Waals surface area contributed by atoms with Crippen LogP contribution in [0.15, 0.2) is 0 Å². The third-order valence-corrected chi connectivity index (χ3v) is 3.25. The second-order valence-electron chi connectivity index (χ2n) is 4.34. The molecule has 0 saturated heterocycles.